The molecule has 0 spiro atoms. The Hall–Kier alpha value is -0.900. The van der Waals surface area contributed by atoms with Gasteiger partial charge >= 0.3 is 0 Å². The van der Waals surface area contributed by atoms with Gasteiger partial charge in [0.25, 0.3) is 0 Å². The lowest BCUT2D eigenvalue weighted by molar-refractivity contribution is 0.0806. The molecule has 0 aromatic carbocycles. The Bertz CT molecular complexity index is 303. The van der Waals surface area contributed by atoms with Crippen LogP contribution in [0.3, 0.4) is 0 Å². The van der Waals surface area contributed by atoms with E-state index in [0.717, 1.165) is 19.0 Å². The standard InChI is InChI=1S/C8H11N3O/c1-2-6(1)8-10-9-7-5-12-4-3-11(7)8/h6H,1-5H2. The number of aromatic nitrogens is 3. The van der Waals surface area contributed by atoms with Gasteiger partial charge in [0.2, 0.25) is 0 Å². The van der Waals surface area contributed by atoms with Gasteiger partial charge in [-0.3, -0.25) is 0 Å². The van der Waals surface area contributed by atoms with E-state index in [-0.39, 0.29) is 0 Å². The molecule has 1 aliphatic carbocycles. The summed E-state index contributed by atoms with van der Waals surface area (Å²) >= 11 is 0. The Balaban J connectivity index is 2.03. The molecule has 3 rings (SSSR count). The summed E-state index contributed by atoms with van der Waals surface area (Å²) < 4.78 is 7.51. The average molecular weight is 165 g/mol. The van der Waals surface area contributed by atoms with Gasteiger partial charge in [0.15, 0.2) is 5.82 Å². The summed E-state index contributed by atoms with van der Waals surface area (Å²) in [7, 11) is 0. The maximum atomic E-state index is 5.29. The van der Waals surface area contributed by atoms with E-state index in [0.29, 0.717) is 12.5 Å². The fourth-order valence-corrected chi connectivity index (χ4v) is 1.66. The van der Waals surface area contributed by atoms with Crippen LogP contribution in [0.4, 0.5) is 0 Å². The Morgan fingerprint density at radius 1 is 1.33 bits per heavy atom. The first-order valence-corrected chi connectivity index (χ1v) is 4.45. The van der Waals surface area contributed by atoms with Crippen molar-refractivity contribution in [3.05, 3.63) is 11.6 Å². The minimum absolute atomic E-state index is 0.639. The molecule has 0 N–H and O–H groups in total. The summed E-state index contributed by atoms with van der Waals surface area (Å²) in [5.74, 6) is 2.89. The van der Waals surface area contributed by atoms with Gasteiger partial charge < -0.3 is 9.30 Å². The quantitative estimate of drug-likeness (QED) is 0.614. The van der Waals surface area contributed by atoms with E-state index >= 15 is 0 Å². The van der Waals surface area contributed by atoms with Crippen LogP contribution in [0, 0.1) is 0 Å². The summed E-state index contributed by atoms with van der Waals surface area (Å²) in [6, 6.07) is 0. The average Bonchev–Trinajstić information content (AvgIpc) is 2.86. The van der Waals surface area contributed by atoms with Crippen molar-refractivity contribution < 1.29 is 4.74 Å². The van der Waals surface area contributed by atoms with E-state index in [1.54, 1.807) is 0 Å². The maximum Gasteiger partial charge on any atom is 0.159 e. The lowest BCUT2D eigenvalue weighted by Crippen LogP contribution is -2.18. The first-order chi connectivity index (χ1) is 5.95. The summed E-state index contributed by atoms with van der Waals surface area (Å²) in [6.07, 6.45) is 2.58. The highest BCUT2D eigenvalue weighted by atomic mass is 16.5. The van der Waals surface area contributed by atoms with Gasteiger partial charge in [-0.05, 0) is 12.8 Å². The minimum Gasteiger partial charge on any atom is -0.372 e. The van der Waals surface area contributed by atoms with Crippen molar-refractivity contribution in [3.63, 3.8) is 0 Å². The molecule has 0 radical (unpaired) electrons. The number of fused-ring (bicyclic) bond motifs is 1. The fraction of sp³-hybridized carbons (Fsp3) is 0.750. The molecule has 2 aliphatic rings. The highest BCUT2D eigenvalue weighted by Gasteiger charge is 2.30. The molecule has 1 saturated carbocycles. The molecule has 0 unspecified atom stereocenters. The van der Waals surface area contributed by atoms with Crippen molar-refractivity contribution in [1.29, 1.82) is 0 Å². The topological polar surface area (TPSA) is 39.9 Å². The SMILES string of the molecule is C1Cn2c(nnc2C2CC2)CO1. The molecule has 0 saturated heterocycles. The lowest BCUT2D eigenvalue weighted by atomic mass is 10.4. The van der Waals surface area contributed by atoms with E-state index < -0.39 is 0 Å². The first-order valence-electron chi connectivity index (χ1n) is 4.45. The van der Waals surface area contributed by atoms with Crippen LogP contribution in [0.5, 0.6) is 0 Å². The van der Waals surface area contributed by atoms with Crippen LogP contribution >= 0.6 is 0 Å². The van der Waals surface area contributed by atoms with Crippen molar-refractivity contribution in [1.82, 2.24) is 14.8 Å². The van der Waals surface area contributed by atoms with E-state index in [1.165, 1.54) is 18.7 Å². The first kappa shape index (κ1) is 6.60. The zero-order valence-electron chi connectivity index (χ0n) is 6.86. The van der Waals surface area contributed by atoms with Crippen LogP contribution < -0.4 is 0 Å². The minimum atomic E-state index is 0.639. The number of rotatable bonds is 1. The molecule has 0 atom stereocenters. The predicted molar refractivity (Wildman–Crippen MR) is 41.7 cm³/mol. The molecule has 64 valence electrons. The van der Waals surface area contributed by atoms with Crippen molar-refractivity contribution in [3.8, 4) is 0 Å². The molecule has 0 amide bonds. The molecule has 4 heteroatoms. The highest BCUT2D eigenvalue weighted by Crippen LogP contribution is 2.39. The van der Waals surface area contributed by atoms with Crippen molar-refractivity contribution >= 4 is 0 Å². The summed E-state index contributed by atoms with van der Waals surface area (Å²) in [5.41, 5.74) is 0. The molecule has 4 nitrogen and oxygen atoms in total. The lowest BCUT2D eigenvalue weighted by Gasteiger charge is -2.14. The second-order valence-corrected chi connectivity index (χ2v) is 3.45. The zero-order valence-corrected chi connectivity index (χ0v) is 6.86. The van der Waals surface area contributed by atoms with Crippen LogP contribution in [0.2, 0.25) is 0 Å². The van der Waals surface area contributed by atoms with Gasteiger partial charge in [0.05, 0.1) is 6.61 Å². The molecule has 1 aliphatic heterocycles. The summed E-state index contributed by atoms with van der Waals surface area (Å²) in [4.78, 5) is 0. The van der Waals surface area contributed by atoms with Crippen molar-refractivity contribution in [2.75, 3.05) is 6.61 Å². The zero-order chi connectivity index (χ0) is 7.97. The number of ether oxygens (including phenoxy) is 1. The maximum absolute atomic E-state index is 5.29. The Labute approximate surface area is 70.5 Å². The van der Waals surface area contributed by atoms with Crippen LogP contribution in [-0.2, 0) is 17.9 Å². The third-order valence-corrected chi connectivity index (χ3v) is 2.49. The molecule has 2 heterocycles. The van der Waals surface area contributed by atoms with E-state index in [9.17, 15) is 0 Å². The number of hydrogen-bond donors (Lipinski definition) is 0. The monoisotopic (exact) mass is 165 g/mol. The second kappa shape index (κ2) is 2.29. The van der Waals surface area contributed by atoms with Gasteiger partial charge in [0.1, 0.15) is 12.4 Å². The van der Waals surface area contributed by atoms with Gasteiger partial charge in [-0.25, -0.2) is 0 Å². The molecular formula is C8H11N3O. The van der Waals surface area contributed by atoms with Gasteiger partial charge in [-0.2, -0.15) is 0 Å². The molecule has 12 heavy (non-hydrogen) atoms. The third-order valence-electron chi connectivity index (χ3n) is 2.49. The van der Waals surface area contributed by atoms with E-state index in [1.807, 2.05) is 0 Å². The molecule has 1 aromatic rings. The summed E-state index contributed by atoms with van der Waals surface area (Å²) in [6.45, 7) is 2.39. The van der Waals surface area contributed by atoms with E-state index in [4.69, 9.17) is 4.74 Å². The van der Waals surface area contributed by atoms with Crippen molar-refractivity contribution in [2.45, 2.75) is 31.9 Å². The molecule has 0 bridgehead atoms. The van der Waals surface area contributed by atoms with Gasteiger partial charge in [-0.1, -0.05) is 0 Å². The Morgan fingerprint density at radius 2 is 2.25 bits per heavy atom. The van der Waals surface area contributed by atoms with Crippen LogP contribution in [0.15, 0.2) is 0 Å². The van der Waals surface area contributed by atoms with Gasteiger partial charge in [0, 0.05) is 12.5 Å². The second-order valence-electron chi connectivity index (χ2n) is 3.45. The van der Waals surface area contributed by atoms with Gasteiger partial charge in [-0.15, -0.1) is 10.2 Å². The normalized spacial score (nSPS) is 22.3. The predicted octanol–water partition coefficient (Wildman–Crippen LogP) is 0.686. The molecule has 1 aromatic heterocycles. The highest BCUT2D eigenvalue weighted by molar-refractivity contribution is 5.08. The largest absolute Gasteiger partial charge is 0.372 e. The fourth-order valence-electron chi connectivity index (χ4n) is 1.66. The smallest absolute Gasteiger partial charge is 0.159 e. The molecular weight excluding hydrogens is 154 g/mol. The number of nitrogens with zero attached hydrogens (tertiary/aromatic N) is 3. The summed E-state index contributed by atoms with van der Waals surface area (Å²) in [5, 5.41) is 8.30. The Kier molecular flexibility index (Phi) is 1.26. The number of hydrogen-bond acceptors (Lipinski definition) is 3. The van der Waals surface area contributed by atoms with E-state index in [2.05, 4.69) is 14.8 Å². The Morgan fingerprint density at radius 3 is 3.08 bits per heavy atom. The van der Waals surface area contributed by atoms with Crippen LogP contribution in [-0.4, -0.2) is 21.4 Å². The van der Waals surface area contributed by atoms with Crippen LogP contribution in [0.1, 0.15) is 30.4 Å². The van der Waals surface area contributed by atoms with Crippen LogP contribution in [0.25, 0.3) is 0 Å². The molecule has 1 fully saturated rings. The third kappa shape index (κ3) is 0.876. The van der Waals surface area contributed by atoms with Crippen molar-refractivity contribution in [2.24, 2.45) is 0 Å².